The Morgan fingerprint density at radius 2 is 1.85 bits per heavy atom. The lowest BCUT2D eigenvalue weighted by molar-refractivity contribution is -0.120. The van der Waals surface area contributed by atoms with Crippen molar-refractivity contribution in [1.29, 1.82) is 0 Å². The molecule has 2 aliphatic heterocycles. The topological polar surface area (TPSA) is 80.8 Å². The van der Waals surface area contributed by atoms with E-state index in [2.05, 4.69) is 32.5 Å². The Labute approximate surface area is 199 Å². The molecular weight excluding hydrogens is 436 g/mol. The maximum absolute atomic E-state index is 12.8. The van der Waals surface area contributed by atoms with Crippen molar-refractivity contribution < 1.29 is 9.59 Å². The van der Waals surface area contributed by atoms with E-state index in [0.29, 0.717) is 25.2 Å². The molecule has 0 bridgehead atoms. The van der Waals surface area contributed by atoms with E-state index in [1.54, 1.807) is 22.9 Å². The van der Waals surface area contributed by atoms with Crippen LogP contribution in [0.25, 0.3) is 0 Å². The Hall–Kier alpha value is -2.62. The number of thioether (sulfide) groups is 1. The maximum Gasteiger partial charge on any atom is 0.326 e. The van der Waals surface area contributed by atoms with Crippen molar-refractivity contribution in [2.75, 3.05) is 68.8 Å². The van der Waals surface area contributed by atoms with Crippen molar-refractivity contribution in [3.63, 3.8) is 0 Å². The van der Waals surface area contributed by atoms with Crippen LogP contribution in [-0.2, 0) is 11.2 Å². The smallest absolute Gasteiger partial charge is 0.326 e. The lowest BCUT2D eigenvalue weighted by atomic mass is 10.1. The van der Waals surface area contributed by atoms with Gasteiger partial charge in [-0.2, -0.15) is 0 Å². The third-order valence-corrected chi connectivity index (χ3v) is 6.95. The van der Waals surface area contributed by atoms with Gasteiger partial charge in [0.25, 0.3) is 0 Å². The number of nitrogens with zero attached hydrogens (tertiary/aromatic N) is 4. The number of pyridine rings is 1. The molecule has 4 rings (SSSR count). The van der Waals surface area contributed by atoms with Crippen molar-refractivity contribution in [1.82, 2.24) is 20.1 Å². The Bertz CT molecular complexity index is 946. The van der Waals surface area contributed by atoms with Crippen molar-refractivity contribution in [3.05, 3.63) is 48.2 Å². The first-order valence-electron chi connectivity index (χ1n) is 11.5. The van der Waals surface area contributed by atoms with E-state index in [0.717, 1.165) is 61.2 Å². The monoisotopic (exact) mass is 468 g/mol. The number of likely N-dealkylation sites (N-methyl/N-ethyl adjacent to an activating group) is 1. The fourth-order valence-electron chi connectivity index (χ4n) is 4.01. The standard InChI is InChI=1S/C24H32N6O2S/c1-28-12-14-29(15-13-28)11-3-10-25-22(31)18-19-5-7-20(8-6-19)27-24(32)30-16-17-33-23-21(30)4-2-9-26-23/h2,4-9H,3,10-18H2,1H3,(H,25,31)(H,27,32). The van der Waals surface area contributed by atoms with E-state index in [4.69, 9.17) is 0 Å². The molecule has 1 aromatic heterocycles. The van der Waals surface area contributed by atoms with Gasteiger partial charge in [0.15, 0.2) is 0 Å². The average Bonchev–Trinajstić information content (AvgIpc) is 2.84. The van der Waals surface area contributed by atoms with Crippen molar-refractivity contribution >= 4 is 35.1 Å². The number of nitrogens with one attached hydrogen (secondary N) is 2. The number of carbonyl (C=O) groups is 2. The van der Waals surface area contributed by atoms with Gasteiger partial charge in [-0.1, -0.05) is 12.1 Å². The first-order valence-corrected chi connectivity index (χ1v) is 12.5. The molecule has 0 unspecified atom stereocenters. The molecule has 176 valence electrons. The number of aromatic nitrogens is 1. The van der Waals surface area contributed by atoms with Crippen molar-refractivity contribution in [3.8, 4) is 0 Å². The highest BCUT2D eigenvalue weighted by Gasteiger charge is 2.23. The molecule has 33 heavy (non-hydrogen) atoms. The molecule has 9 heteroatoms. The molecule has 1 aromatic carbocycles. The summed E-state index contributed by atoms with van der Waals surface area (Å²) in [5.41, 5.74) is 2.47. The van der Waals surface area contributed by atoms with Crippen LogP contribution in [0.3, 0.4) is 0 Å². The SMILES string of the molecule is CN1CCN(CCCNC(=O)Cc2ccc(NC(=O)N3CCSc4ncccc43)cc2)CC1. The van der Waals surface area contributed by atoms with Gasteiger partial charge < -0.3 is 20.4 Å². The van der Waals surface area contributed by atoms with Crippen LogP contribution in [0.2, 0.25) is 0 Å². The summed E-state index contributed by atoms with van der Waals surface area (Å²) in [6, 6.07) is 11.1. The Kier molecular flexibility index (Phi) is 8.20. The van der Waals surface area contributed by atoms with E-state index in [1.807, 2.05) is 36.4 Å². The zero-order chi connectivity index (χ0) is 23.0. The van der Waals surface area contributed by atoms with Gasteiger partial charge in [-0.15, -0.1) is 11.8 Å². The number of carbonyl (C=O) groups excluding carboxylic acids is 2. The number of hydrogen-bond donors (Lipinski definition) is 2. The van der Waals surface area contributed by atoms with E-state index in [1.165, 1.54) is 0 Å². The van der Waals surface area contributed by atoms with Gasteiger partial charge in [-0.3, -0.25) is 9.69 Å². The lowest BCUT2D eigenvalue weighted by Gasteiger charge is -2.32. The molecule has 0 radical (unpaired) electrons. The minimum atomic E-state index is -0.171. The summed E-state index contributed by atoms with van der Waals surface area (Å²) in [6.07, 6.45) is 3.05. The first kappa shape index (κ1) is 23.5. The molecule has 2 aromatic rings. The summed E-state index contributed by atoms with van der Waals surface area (Å²) in [5, 5.41) is 6.85. The molecule has 0 spiro atoms. The van der Waals surface area contributed by atoms with Gasteiger partial charge in [-0.25, -0.2) is 9.78 Å². The number of urea groups is 1. The lowest BCUT2D eigenvalue weighted by Crippen LogP contribution is -2.45. The number of fused-ring (bicyclic) bond motifs is 1. The second-order valence-corrected chi connectivity index (χ2v) is 9.56. The Morgan fingerprint density at radius 1 is 1.06 bits per heavy atom. The summed E-state index contributed by atoms with van der Waals surface area (Å²) in [4.78, 5) is 35.9. The van der Waals surface area contributed by atoms with Crippen LogP contribution in [0.4, 0.5) is 16.2 Å². The van der Waals surface area contributed by atoms with Crippen LogP contribution in [0.5, 0.6) is 0 Å². The predicted octanol–water partition coefficient (Wildman–Crippen LogP) is 2.52. The summed E-state index contributed by atoms with van der Waals surface area (Å²) in [5.74, 6) is 0.848. The molecule has 3 heterocycles. The molecule has 0 atom stereocenters. The van der Waals surface area contributed by atoms with Gasteiger partial charge in [0, 0.05) is 56.9 Å². The quantitative estimate of drug-likeness (QED) is 0.608. The first-order chi connectivity index (χ1) is 16.1. The van der Waals surface area contributed by atoms with E-state index >= 15 is 0 Å². The van der Waals surface area contributed by atoms with E-state index in [9.17, 15) is 9.59 Å². The molecule has 8 nitrogen and oxygen atoms in total. The van der Waals surface area contributed by atoms with Crippen LogP contribution in [0, 0.1) is 0 Å². The minimum absolute atomic E-state index is 0.0279. The molecule has 2 aliphatic rings. The maximum atomic E-state index is 12.8. The summed E-state index contributed by atoms with van der Waals surface area (Å²) >= 11 is 1.66. The third kappa shape index (κ3) is 6.69. The predicted molar refractivity (Wildman–Crippen MR) is 133 cm³/mol. The molecule has 1 saturated heterocycles. The van der Waals surface area contributed by atoms with Gasteiger partial charge in [0.2, 0.25) is 5.91 Å². The van der Waals surface area contributed by atoms with Gasteiger partial charge in [0.1, 0.15) is 5.03 Å². The average molecular weight is 469 g/mol. The summed E-state index contributed by atoms with van der Waals surface area (Å²) in [7, 11) is 2.16. The van der Waals surface area contributed by atoms with E-state index < -0.39 is 0 Å². The normalized spacial score (nSPS) is 16.8. The molecular formula is C24H32N6O2S. The summed E-state index contributed by atoms with van der Waals surface area (Å²) < 4.78 is 0. The van der Waals surface area contributed by atoms with E-state index in [-0.39, 0.29) is 11.9 Å². The number of piperazine rings is 1. The fourth-order valence-corrected chi connectivity index (χ4v) is 4.94. The van der Waals surface area contributed by atoms with Crippen LogP contribution in [0.15, 0.2) is 47.6 Å². The molecule has 3 amide bonds. The number of amides is 3. The van der Waals surface area contributed by atoms with Crippen LogP contribution in [-0.4, -0.2) is 85.3 Å². The Morgan fingerprint density at radius 3 is 2.64 bits per heavy atom. The van der Waals surface area contributed by atoms with Crippen molar-refractivity contribution in [2.24, 2.45) is 0 Å². The number of hydrogen-bond acceptors (Lipinski definition) is 6. The zero-order valence-electron chi connectivity index (χ0n) is 19.1. The highest BCUT2D eigenvalue weighted by atomic mass is 32.2. The summed E-state index contributed by atoms with van der Waals surface area (Å²) in [6.45, 7) is 6.81. The molecule has 0 saturated carbocycles. The molecule has 0 aliphatic carbocycles. The third-order valence-electron chi connectivity index (χ3n) is 5.98. The number of benzene rings is 1. The van der Waals surface area contributed by atoms with Crippen molar-refractivity contribution in [2.45, 2.75) is 17.9 Å². The highest BCUT2D eigenvalue weighted by Crippen LogP contribution is 2.32. The zero-order valence-corrected chi connectivity index (χ0v) is 19.9. The van der Waals surface area contributed by atoms with Gasteiger partial charge >= 0.3 is 6.03 Å². The second kappa shape index (κ2) is 11.5. The van der Waals surface area contributed by atoms with Crippen LogP contribution >= 0.6 is 11.8 Å². The highest BCUT2D eigenvalue weighted by molar-refractivity contribution is 7.99. The second-order valence-electron chi connectivity index (χ2n) is 8.48. The minimum Gasteiger partial charge on any atom is -0.356 e. The Balaban J connectivity index is 1.19. The van der Waals surface area contributed by atoms with Gasteiger partial charge in [-0.05, 0) is 49.8 Å². The number of anilines is 2. The molecule has 1 fully saturated rings. The largest absolute Gasteiger partial charge is 0.356 e. The molecule has 2 N–H and O–H groups in total. The van der Waals surface area contributed by atoms with Gasteiger partial charge in [0.05, 0.1) is 12.1 Å². The number of rotatable bonds is 7. The van der Waals surface area contributed by atoms with Crippen LogP contribution < -0.4 is 15.5 Å². The fraction of sp³-hybridized carbons (Fsp3) is 0.458. The van der Waals surface area contributed by atoms with Crippen LogP contribution in [0.1, 0.15) is 12.0 Å².